The molecule has 0 aliphatic carbocycles. The molecule has 0 unspecified atom stereocenters. The number of aromatic amines is 1. The Morgan fingerprint density at radius 3 is 2.94 bits per heavy atom. The zero-order valence-electron chi connectivity index (χ0n) is 9.13. The zero-order valence-corrected chi connectivity index (χ0v) is 9.89. The maximum Gasteiger partial charge on any atom is 0.354 e. The van der Waals surface area contributed by atoms with E-state index in [1.165, 1.54) is 0 Å². The number of aryl methyl sites for hydroxylation is 1. The average molecular weight is 238 g/mol. The average Bonchev–Trinajstić information content (AvgIpc) is 2.69. The molecule has 84 valence electrons. The first kappa shape index (κ1) is 11.0. The smallest absolute Gasteiger partial charge is 0.354 e. The van der Waals surface area contributed by atoms with Crippen LogP contribution in [0.2, 0.25) is 5.02 Å². The minimum absolute atomic E-state index is 0.354. The number of ether oxygens (including phenoxy) is 1. The Morgan fingerprint density at radius 1 is 1.50 bits per heavy atom. The number of halogens is 1. The van der Waals surface area contributed by atoms with Crippen LogP contribution in [0.4, 0.5) is 0 Å². The molecular formula is C12H12ClNO2. The molecule has 0 spiro atoms. The number of hydrogen-bond acceptors (Lipinski definition) is 2. The van der Waals surface area contributed by atoms with Crippen LogP contribution in [-0.4, -0.2) is 17.6 Å². The Bertz CT molecular complexity index is 545. The maximum absolute atomic E-state index is 11.5. The first-order valence-corrected chi connectivity index (χ1v) is 5.46. The van der Waals surface area contributed by atoms with Crippen LogP contribution in [0.25, 0.3) is 10.9 Å². The largest absolute Gasteiger partial charge is 0.461 e. The lowest BCUT2D eigenvalue weighted by Crippen LogP contribution is -2.04. The van der Waals surface area contributed by atoms with Gasteiger partial charge in [-0.3, -0.25) is 0 Å². The number of nitrogens with one attached hydrogen (secondary N) is 1. The van der Waals surface area contributed by atoms with Gasteiger partial charge in [-0.25, -0.2) is 4.79 Å². The number of esters is 1. The molecule has 0 bridgehead atoms. The van der Waals surface area contributed by atoms with Crippen molar-refractivity contribution < 1.29 is 9.53 Å². The maximum atomic E-state index is 11.5. The SMILES string of the molecule is CCOC(=O)c1cc2c(Cl)c(C)ccc2[nH]1. The highest BCUT2D eigenvalue weighted by Gasteiger charge is 2.12. The molecule has 1 aromatic carbocycles. The second kappa shape index (κ2) is 4.18. The molecule has 0 fully saturated rings. The second-order valence-electron chi connectivity index (χ2n) is 3.56. The molecule has 1 N–H and O–H groups in total. The molecule has 0 aliphatic heterocycles. The van der Waals surface area contributed by atoms with Gasteiger partial charge in [0.25, 0.3) is 0 Å². The number of carbonyl (C=O) groups is 1. The Balaban J connectivity index is 2.52. The van der Waals surface area contributed by atoms with E-state index in [0.29, 0.717) is 17.3 Å². The van der Waals surface area contributed by atoms with Crippen molar-refractivity contribution in [1.82, 2.24) is 4.98 Å². The highest BCUT2D eigenvalue weighted by atomic mass is 35.5. The number of carbonyl (C=O) groups excluding carboxylic acids is 1. The summed E-state index contributed by atoms with van der Waals surface area (Å²) in [6, 6.07) is 5.54. The van der Waals surface area contributed by atoms with E-state index in [9.17, 15) is 4.79 Å². The van der Waals surface area contributed by atoms with E-state index in [2.05, 4.69) is 4.98 Å². The van der Waals surface area contributed by atoms with E-state index in [1.807, 2.05) is 19.1 Å². The minimum Gasteiger partial charge on any atom is -0.461 e. The van der Waals surface area contributed by atoms with Gasteiger partial charge in [0.05, 0.1) is 11.6 Å². The summed E-state index contributed by atoms with van der Waals surface area (Å²) in [6.45, 7) is 4.07. The van der Waals surface area contributed by atoms with Gasteiger partial charge >= 0.3 is 5.97 Å². The van der Waals surface area contributed by atoms with Crippen LogP contribution in [0.5, 0.6) is 0 Å². The van der Waals surface area contributed by atoms with Gasteiger partial charge in [0.1, 0.15) is 5.69 Å². The first-order valence-electron chi connectivity index (χ1n) is 5.08. The lowest BCUT2D eigenvalue weighted by atomic mass is 10.2. The number of aromatic nitrogens is 1. The fourth-order valence-electron chi connectivity index (χ4n) is 1.60. The van der Waals surface area contributed by atoms with E-state index in [4.69, 9.17) is 16.3 Å². The molecule has 0 radical (unpaired) electrons. The fraction of sp³-hybridized carbons (Fsp3) is 0.250. The molecule has 1 heterocycles. The molecule has 1 aromatic heterocycles. The molecule has 0 atom stereocenters. The van der Waals surface area contributed by atoms with Crippen molar-refractivity contribution in [3.05, 3.63) is 34.5 Å². The summed E-state index contributed by atoms with van der Waals surface area (Å²) in [6.07, 6.45) is 0. The summed E-state index contributed by atoms with van der Waals surface area (Å²) in [7, 11) is 0. The van der Waals surface area contributed by atoms with Crippen molar-refractivity contribution in [2.75, 3.05) is 6.61 Å². The Labute approximate surface area is 98.4 Å². The summed E-state index contributed by atoms with van der Waals surface area (Å²) < 4.78 is 4.91. The van der Waals surface area contributed by atoms with Crippen molar-refractivity contribution in [1.29, 1.82) is 0 Å². The fourth-order valence-corrected chi connectivity index (χ4v) is 1.82. The number of hydrogen-bond donors (Lipinski definition) is 1. The van der Waals surface area contributed by atoms with Crippen molar-refractivity contribution in [3.63, 3.8) is 0 Å². The summed E-state index contributed by atoms with van der Waals surface area (Å²) in [5.41, 5.74) is 2.27. The Morgan fingerprint density at radius 2 is 2.25 bits per heavy atom. The van der Waals surface area contributed by atoms with Crippen LogP contribution in [-0.2, 0) is 4.74 Å². The van der Waals surface area contributed by atoms with E-state index in [1.54, 1.807) is 13.0 Å². The van der Waals surface area contributed by atoms with Gasteiger partial charge in [0, 0.05) is 10.9 Å². The highest BCUT2D eigenvalue weighted by molar-refractivity contribution is 6.36. The number of H-pyrrole nitrogens is 1. The van der Waals surface area contributed by atoms with E-state index in [-0.39, 0.29) is 5.97 Å². The highest BCUT2D eigenvalue weighted by Crippen LogP contribution is 2.27. The van der Waals surface area contributed by atoms with Gasteiger partial charge in [-0.1, -0.05) is 17.7 Å². The normalized spacial score (nSPS) is 10.7. The topological polar surface area (TPSA) is 42.1 Å². The molecule has 0 saturated heterocycles. The molecule has 3 nitrogen and oxygen atoms in total. The molecule has 2 aromatic rings. The third-order valence-corrected chi connectivity index (χ3v) is 2.93. The van der Waals surface area contributed by atoms with E-state index in [0.717, 1.165) is 16.5 Å². The van der Waals surface area contributed by atoms with Crippen molar-refractivity contribution in [2.45, 2.75) is 13.8 Å². The van der Waals surface area contributed by atoms with Gasteiger partial charge in [0.15, 0.2) is 0 Å². The van der Waals surface area contributed by atoms with Crippen molar-refractivity contribution in [3.8, 4) is 0 Å². The molecular weight excluding hydrogens is 226 g/mol. The monoisotopic (exact) mass is 237 g/mol. The predicted octanol–water partition coefficient (Wildman–Crippen LogP) is 3.31. The lowest BCUT2D eigenvalue weighted by Gasteiger charge is -1.97. The van der Waals surface area contributed by atoms with Gasteiger partial charge < -0.3 is 9.72 Å². The molecule has 0 aliphatic rings. The second-order valence-corrected chi connectivity index (χ2v) is 3.94. The number of fused-ring (bicyclic) bond motifs is 1. The standard InChI is InChI=1S/C12H12ClNO2/c1-3-16-12(15)10-6-8-9(14-10)5-4-7(2)11(8)13/h4-6,14H,3H2,1-2H3. The molecule has 4 heteroatoms. The third-order valence-electron chi connectivity index (χ3n) is 2.43. The van der Waals surface area contributed by atoms with Crippen LogP contribution in [0, 0.1) is 6.92 Å². The van der Waals surface area contributed by atoms with Gasteiger partial charge in [0.2, 0.25) is 0 Å². The third kappa shape index (κ3) is 1.78. The van der Waals surface area contributed by atoms with Crippen LogP contribution in [0.1, 0.15) is 23.0 Å². The van der Waals surface area contributed by atoms with Crippen LogP contribution in [0.15, 0.2) is 18.2 Å². The van der Waals surface area contributed by atoms with Gasteiger partial charge in [-0.2, -0.15) is 0 Å². The van der Waals surface area contributed by atoms with Gasteiger partial charge in [-0.15, -0.1) is 0 Å². The van der Waals surface area contributed by atoms with Crippen LogP contribution >= 0.6 is 11.6 Å². The van der Waals surface area contributed by atoms with E-state index >= 15 is 0 Å². The molecule has 0 amide bonds. The summed E-state index contributed by atoms with van der Waals surface area (Å²) >= 11 is 6.15. The van der Waals surface area contributed by atoms with E-state index < -0.39 is 0 Å². The summed E-state index contributed by atoms with van der Waals surface area (Å²) in [4.78, 5) is 14.5. The van der Waals surface area contributed by atoms with Crippen LogP contribution in [0.3, 0.4) is 0 Å². The predicted molar refractivity (Wildman–Crippen MR) is 64.0 cm³/mol. The molecule has 16 heavy (non-hydrogen) atoms. The first-order chi connectivity index (χ1) is 7.63. The number of rotatable bonds is 2. The Hall–Kier alpha value is -1.48. The van der Waals surface area contributed by atoms with Crippen molar-refractivity contribution in [2.24, 2.45) is 0 Å². The van der Waals surface area contributed by atoms with Crippen molar-refractivity contribution >= 4 is 28.5 Å². The summed E-state index contributed by atoms with van der Waals surface area (Å²) in [5, 5.41) is 1.52. The zero-order chi connectivity index (χ0) is 11.7. The number of benzene rings is 1. The Kier molecular flexibility index (Phi) is 2.88. The lowest BCUT2D eigenvalue weighted by molar-refractivity contribution is 0.0520. The minimum atomic E-state index is -0.354. The summed E-state index contributed by atoms with van der Waals surface area (Å²) in [5.74, 6) is -0.354. The molecule has 2 rings (SSSR count). The van der Waals surface area contributed by atoms with Gasteiger partial charge in [-0.05, 0) is 31.5 Å². The quantitative estimate of drug-likeness (QED) is 0.815. The van der Waals surface area contributed by atoms with Crippen LogP contribution < -0.4 is 0 Å². The molecule has 0 saturated carbocycles.